The minimum absolute atomic E-state index is 0.156. The predicted molar refractivity (Wildman–Crippen MR) is 76.3 cm³/mol. The molecule has 0 unspecified atom stereocenters. The van der Waals surface area contributed by atoms with Crippen LogP contribution in [0.3, 0.4) is 0 Å². The summed E-state index contributed by atoms with van der Waals surface area (Å²) >= 11 is 12.2. The van der Waals surface area contributed by atoms with Gasteiger partial charge in [-0.15, -0.1) is 0 Å². The van der Waals surface area contributed by atoms with Crippen molar-refractivity contribution in [1.29, 1.82) is 0 Å². The van der Waals surface area contributed by atoms with Crippen molar-refractivity contribution in [1.82, 2.24) is 0 Å². The fourth-order valence-electron chi connectivity index (χ4n) is 1.82. The predicted octanol–water partition coefficient (Wildman–Crippen LogP) is 4.79. The van der Waals surface area contributed by atoms with Crippen LogP contribution >= 0.6 is 23.2 Å². The highest BCUT2D eigenvalue weighted by atomic mass is 35.5. The molecule has 0 heterocycles. The molecule has 0 amide bonds. The van der Waals surface area contributed by atoms with Gasteiger partial charge in [-0.1, -0.05) is 59.6 Å². The van der Waals surface area contributed by atoms with Crippen LogP contribution in [0.1, 0.15) is 12.5 Å². The van der Waals surface area contributed by atoms with E-state index in [-0.39, 0.29) is 5.78 Å². The van der Waals surface area contributed by atoms with E-state index in [0.29, 0.717) is 16.5 Å². The molecule has 0 aliphatic carbocycles. The highest BCUT2D eigenvalue weighted by Gasteiger charge is 2.06. The molecule has 0 radical (unpaired) electrons. The lowest BCUT2D eigenvalue weighted by Gasteiger charge is -2.07. The molecule has 2 aromatic rings. The molecule has 0 bridgehead atoms. The van der Waals surface area contributed by atoms with Gasteiger partial charge in [-0.05, 0) is 24.1 Å². The maximum absolute atomic E-state index is 11.0. The maximum Gasteiger partial charge on any atom is 0.134 e. The molecule has 1 nitrogen and oxygen atoms in total. The van der Waals surface area contributed by atoms with Crippen LogP contribution in [0, 0.1) is 0 Å². The number of hydrogen-bond acceptors (Lipinski definition) is 1. The van der Waals surface area contributed by atoms with Crippen molar-refractivity contribution in [2.24, 2.45) is 0 Å². The van der Waals surface area contributed by atoms with Crippen molar-refractivity contribution >= 4 is 29.0 Å². The quantitative estimate of drug-likeness (QED) is 0.789. The second-order valence-electron chi connectivity index (χ2n) is 4.18. The van der Waals surface area contributed by atoms with Crippen LogP contribution in [-0.2, 0) is 11.2 Å². The van der Waals surface area contributed by atoms with Crippen molar-refractivity contribution in [3.05, 3.63) is 58.1 Å². The zero-order chi connectivity index (χ0) is 13.1. The summed E-state index contributed by atoms with van der Waals surface area (Å²) < 4.78 is 0. The summed E-state index contributed by atoms with van der Waals surface area (Å²) in [5.74, 6) is 0.156. The average molecular weight is 279 g/mol. The first-order valence-electron chi connectivity index (χ1n) is 5.60. The molecular weight excluding hydrogens is 267 g/mol. The van der Waals surface area contributed by atoms with Gasteiger partial charge < -0.3 is 0 Å². The van der Waals surface area contributed by atoms with Gasteiger partial charge in [0.2, 0.25) is 0 Å². The van der Waals surface area contributed by atoms with Crippen molar-refractivity contribution in [3.8, 4) is 11.1 Å². The molecule has 0 atom stereocenters. The largest absolute Gasteiger partial charge is 0.300 e. The summed E-state index contributed by atoms with van der Waals surface area (Å²) in [4.78, 5) is 11.0. The molecule has 92 valence electrons. The smallest absolute Gasteiger partial charge is 0.134 e. The number of Topliss-reactive ketones (excluding diaryl/α,β-unsaturated/α-hetero) is 1. The SMILES string of the molecule is CC(=O)Cc1ccc(-c2cccc(Cl)c2Cl)cc1. The van der Waals surface area contributed by atoms with Crippen LogP contribution in [-0.4, -0.2) is 5.78 Å². The molecule has 0 saturated carbocycles. The number of carbonyl (C=O) groups is 1. The normalized spacial score (nSPS) is 10.4. The van der Waals surface area contributed by atoms with Crippen LogP contribution in [0.25, 0.3) is 11.1 Å². The lowest BCUT2D eigenvalue weighted by atomic mass is 10.0. The van der Waals surface area contributed by atoms with Gasteiger partial charge in [0.15, 0.2) is 0 Å². The zero-order valence-corrected chi connectivity index (χ0v) is 11.4. The minimum Gasteiger partial charge on any atom is -0.300 e. The van der Waals surface area contributed by atoms with Gasteiger partial charge in [0.25, 0.3) is 0 Å². The summed E-state index contributed by atoms with van der Waals surface area (Å²) in [7, 11) is 0. The van der Waals surface area contributed by atoms with E-state index in [1.807, 2.05) is 36.4 Å². The van der Waals surface area contributed by atoms with E-state index in [1.165, 1.54) is 0 Å². The third kappa shape index (κ3) is 2.92. The number of benzene rings is 2. The Hall–Kier alpha value is -1.31. The van der Waals surface area contributed by atoms with Crippen LogP contribution in [0.4, 0.5) is 0 Å². The number of carbonyl (C=O) groups excluding carboxylic acids is 1. The maximum atomic E-state index is 11.0. The minimum atomic E-state index is 0.156. The Kier molecular flexibility index (Phi) is 4.05. The van der Waals surface area contributed by atoms with Crippen LogP contribution in [0.15, 0.2) is 42.5 Å². The van der Waals surface area contributed by atoms with Gasteiger partial charge in [0, 0.05) is 12.0 Å². The van der Waals surface area contributed by atoms with E-state index in [9.17, 15) is 4.79 Å². The molecule has 0 N–H and O–H groups in total. The summed E-state index contributed by atoms with van der Waals surface area (Å²) in [5, 5.41) is 1.10. The molecule has 18 heavy (non-hydrogen) atoms. The highest BCUT2D eigenvalue weighted by molar-refractivity contribution is 6.43. The van der Waals surface area contributed by atoms with E-state index in [2.05, 4.69) is 0 Å². The summed E-state index contributed by atoms with van der Waals surface area (Å²) in [6.07, 6.45) is 0.462. The molecule has 0 fully saturated rings. The molecule has 2 rings (SSSR count). The standard InChI is InChI=1S/C15H12Cl2O/c1-10(18)9-11-5-7-12(8-6-11)13-3-2-4-14(16)15(13)17/h2-8H,9H2,1H3. The average Bonchev–Trinajstić information content (AvgIpc) is 2.33. The Balaban J connectivity index is 2.34. The number of hydrogen-bond donors (Lipinski definition) is 0. The van der Waals surface area contributed by atoms with Gasteiger partial charge in [-0.3, -0.25) is 4.79 Å². The van der Waals surface area contributed by atoms with Crippen molar-refractivity contribution in [3.63, 3.8) is 0 Å². The molecule has 0 saturated heterocycles. The van der Waals surface area contributed by atoms with E-state index in [0.717, 1.165) is 16.7 Å². The monoisotopic (exact) mass is 278 g/mol. The fourth-order valence-corrected chi connectivity index (χ4v) is 2.23. The summed E-state index contributed by atoms with van der Waals surface area (Å²) in [5.41, 5.74) is 2.90. The van der Waals surface area contributed by atoms with Crippen LogP contribution in [0.5, 0.6) is 0 Å². The highest BCUT2D eigenvalue weighted by Crippen LogP contribution is 2.33. The second kappa shape index (κ2) is 5.55. The summed E-state index contributed by atoms with van der Waals surface area (Å²) in [6.45, 7) is 1.59. The topological polar surface area (TPSA) is 17.1 Å². The third-order valence-electron chi connectivity index (χ3n) is 2.67. The van der Waals surface area contributed by atoms with Crippen molar-refractivity contribution in [2.45, 2.75) is 13.3 Å². The number of ketones is 1. The summed E-state index contributed by atoms with van der Waals surface area (Å²) in [6, 6.07) is 13.3. The Labute approximate surface area is 116 Å². The van der Waals surface area contributed by atoms with Crippen LogP contribution < -0.4 is 0 Å². The molecule has 3 heteroatoms. The first-order chi connectivity index (χ1) is 8.58. The van der Waals surface area contributed by atoms with Crippen molar-refractivity contribution in [2.75, 3.05) is 0 Å². The lowest BCUT2D eigenvalue weighted by molar-refractivity contribution is -0.116. The zero-order valence-electron chi connectivity index (χ0n) is 9.91. The van der Waals surface area contributed by atoms with Gasteiger partial charge in [0.05, 0.1) is 10.0 Å². The Morgan fingerprint density at radius 1 is 1.06 bits per heavy atom. The third-order valence-corrected chi connectivity index (χ3v) is 3.49. The molecule has 0 aliphatic heterocycles. The van der Waals surface area contributed by atoms with E-state index in [4.69, 9.17) is 23.2 Å². The fraction of sp³-hybridized carbons (Fsp3) is 0.133. The number of rotatable bonds is 3. The van der Waals surface area contributed by atoms with Crippen molar-refractivity contribution < 1.29 is 4.79 Å². The van der Waals surface area contributed by atoms with E-state index >= 15 is 0 Å². The Bertz CT molecular complexity index is 574. The Morgan fingerprint density at radius 3 is 2.33 bits per heavy atom. The first kappa shape index (κ1) is 13.1. The van der Waals surface area contributed by atoms with E-state index in [1.54, 1.807) is 13.0 Å². The van der Waals surface area contributed by atoms with Gasteiger partial charge in [-0.2, -0.15) is 0 Å². The molecule has 0 aliphatic rings. The van der Waals surface area contributed by atoms with Gasteiger partial charge >= 0.3 is 0 Å². The number of halogens is 2. The Morgan fingerprint density at radius 2 is 1.72 bits per heavy atom. The molecule has 2 aromatic carbocycles. The van der Waals surface area contributed by atoms with Gasteiger partial charge in [-0.25, -0.2) is 0 Å². The first-order valence-corrected chi connectivity index (χ1v) is 6.36. The molecule has 0 spiro atoms. The van der Waals surface area contributed by atoms with Gasteiger partial charge in [0.1, 0.15) is 5.78 Å². The second-order valence-corrected chi connectivity index (χ2v) is 4.96. The molecular formula is C15H12Cl2O. The van der Waals surface area contributed by atoms with Crippen LogP contribution in [0.2, 0.25) is 10.0 Å². The van der Waals surface area contributed by atoms with E-state index < -0.39 is 0 Å². The lowest BCUT2D eigenvalue weighted by Crippen LogP contribution is -1.95. The molecule has 0 aromatic heterocycles.